The summed E-state index contributed by atoms with van der Waals surface area (Å²) in [6, 6.07) is 7.90. The van der Waals surface area contributed by atoms with Crippen molar-refractivity contribution >= 4 is 16.7 Å². The van der Waals surface area contributed by atoms with Crippen molar-refractivity contribution in [3.63, 3.8) is 0 Å². The number of benzene rings is 1. The van der Waals surface area contributed by atoms with Crippen molar-refractivity contribution in [3.05, 3.63) is 35.5 Å². The van der Waals surface area contributed by atoms with E-state index in [2.05, 4.69) is 4.98 Å². The van der Waals surface area contributed by atoms with Gasteiger partial charge in [0.1, 0.15) is 5.69 Å². The van der Waals surface area contributed by atoms with E-state index in [1.165, 1.54) is 0 Å². The number of pyridine rings is 1. The minimum atomic E-state index is 0.0176. The van der Waals surface area contributed by atoms with E-state index in [9.17, 15) is 4.79 Å². The lowest BCUT2D eigenvalue weighted by atomic mass is 10.0. The van der Waals surface area contributed by atoms with Gasteiger partial charge in [-0.25, -0.2) is 4.98 Å². The van der Waals surface area contributed by atoms with E-state index >= 15 is 0 Å². The summed E-state index contributed by atoms with van der Waals surface area (Å²) < 4.78 is 5.35. The van der Waals surface area contributed by atoms with Crippen LogP contribution in [0, 0.1) is 6.92 Å². The molecule has 1 saturated heterocycles. The van der Waals surface area contributed by atoms with Gasteiger partial charge in [-0.05, 0) is 36.8 Å². The van der Waals surface area contributed by atoms with Crippen LogP contribution in [0.1, 0.15) is 28.9 Å². The second kappa shape index (κ2) is 5.12. The molecule has 1 amide bonds. The van der Waals surface area contributed by atoms with Crippen LogP contribution in [0.5, 0.6) is 5.88 Å². The lowest BCUT2D eigenvalue weighted by molar-refractivity contribution is 0.0785. The summed E-state index contributed by atoms with van der Waals surface area (Å²) in [5.41, 5.74) is 1.45. The summed E-state index contributed by atoms with van der Waals surface area (Å²) in [5, 5.41) is 1.98. The molecule has 2 aromatic rings. The van der Waals surface area contributed by atoms with Crippen molar-refractivity contribution in [1.29, 1.82) is 0 Å². The smallest absolute Gasteiger partial charge is 0.272 e. The third-order valence-corrected chi connectivity index (χ3v) is 3.92. The maximum atomic E-state index is 12.6. The van der Waals surface area contributed by atoms with Crippen LogP contribution in [0.3, 0.4) is 0 Å². The van der Waals surface area contributed by atoms with Gasteiger partial charge in [0.05, 0.1) is 7.11 Å². The molecule has 0 atom stereocenters. The Morgan fingerprint density at radius 3 is 2.50 bits per heavy atom. The van der Waals surface area contributed by atoms with Crippen LogP contribution in [0.4, 0.5) is 0 Å². The van der Waals surface area contributed by atoms with Gasteiger partial charge in [0, 0.05) is 18.5 Å². The molecule has 0 unspecified atom stereocenters. The highest BCUT2D eigenvalue weighted by molar-refractivity contribution is 6.01. The van der Waals surface area contributed by atoms with E-state index in [-0.39, 0.29) is 5.91 Å². The predicted molar refractivity (Wildman–Crippen MR) is 78.2 cm³/mol. The maximum absolute atomic E-state index is 12.6. The monoisotopic (exact) mass is 270 g/mol. The third kappa shape index (κ3) is 2.01. The Labute approximate surface area is 118 Å². The second-order valence-corrected chi connectivity index (χ2v) is 5.14. The maximum Gasteiger partial charge on any atom is 0.272 e. The molecule has 4 heteroatoms. The number of carbonyl (C=O) groups is 1. The van der Waals surface area contributed by atoms with Crippen molar-refractivity contribution in [3.8, 4) is 5.88 Å². The molecule has 0 saturated carbocycles. The van der Waals surface area contributed by atoms with Crippen LogP contribution >= 0.6 is 0 Å². The first-order valence-corrected chi connectivity index (χ1v) is 6.95. The molecule has 0 spiro atoms. The minimum Gasteiger partial charge on any atom is -0.481 e. The summed E-state index contributed by atoms with van der Waals surface area (Å²) in [5.74, 6) is 0.540. The first-order valence-electron chi connectivity index (χ1n) is 6.95. The van der Waals surface area contributed by atoms with Crippen molar-refractivity contribution in [1.82, 2.24) is 9.88 Å². The molecule has 1 fully saturated rings. The van der Waals surface area contributed by atoms with Crippen LogP contribution in [0.25, 0.3) is 10.8 Å². The number of rotatable bonds is 2. The first-order chi connectivity index (χ1) is 9.72. The van der Waals surface area contributed by atoms with Crippen LogP contribution in [-0.4, -0.2) is 36.0 Å². The standard InChI is InChI=1S/C16H18N2O2/c1-11-12-7-3-4-8-13(12)15(20-2)17-14(11)16(19)18-9-5-6-10-18/h3-4,7-8H,5-6,9-10H2,1-2H3. The van der Waals surface area contributed by atoms with Gasteiger partial charge < -0.3 is 9.64 Å². The van der Waals surface area contributed by atoms with Crippen LogP contribution in [0.15, 0.2) is 24.3 Å². The molecule has 4 nitrogen and oxygen atoms in total. The highest BCUT2D eigenvalue weighted by Crippen LogP contribution is 2.29. The molecule has 1 aliphatic rings. The number of aromatic nitrogens is 1. The number of aryl methyl sites for hydroxylation is 1. The van der Waals surface area contributed by atoms with Gasteiger partial charge in [-0.2, -0.15) is 0 Å². The molecule has 0 radical (unpaired) electrons. The number of nitrogens with zero attached hydrogens (tertiary/aromatic N) is 2. The zero-order valence-electron chi connectivity index (χ0n) is 11.8. The molecule has 1 aromatic carbocycles. The summed E-state index contributed by atoms with van der Waals surface area (Å²) in [7, 11) is 1.59. The Morgan fingerprint density at radius 2 is 1.85 bits per heavy atom. The van der Waals surface area contributed by atoms with E-state index < -0.39 is 0 Å². The lowest BCUT2D eigenvalue weighted by Gasteiger charge is -2.18. The van der Waals surface area contributed by atoms with Crippen molar-refractivity contribution in [2.45, 2.75) is 19.8 Å². The average Bonchev–Trinajstić information content (AvgIpc) is 3.01. The number of amides is 1. The largest absolute Gasteiger partial charge is 0.481 e. The lowest BCUT2D eigenvalue weighted by Crippen LogP contribution is -2.29. The Balaban J connectivity index is 2.15. The number of hydrogen-bond acceptors (Lipinski definition) is 3. The van der Waals surface area contributed by atoms with Gasteiger partial charge in [-0.1, -0.05) is 18.2 Å². The van der Waals surface area contributed by atoms with Crippen LogP contribution in [0.2, 0.25) is 0 Å². The van der Waals surface area contributed by atoms with Crippen molar-refractivity contribution < 1.29 is 9.53 Å². The molecule has 2 heterocycles. The predicted octanol–water partition coefficient (Wildman–Crippen LogP) is 2.79. The summed E-state index contributed by atoms with van der Waals surface area (Å²) >= 11 is 0. The van der Waals surface area contributed by atoms with Crippen LogP contribution in [-0.2, 0) is 0 Å². The van der Waals surface area contributed by atoms with E-state index in [0.717, 1.165) is 42.3 Å². The number of hydrogen-bond donors (Lipinski definition) is 0. The molecule has 1 aromatic heterocycles. The Morgan fingerprint density at radius 1 is 1.20 bits per heavy atom. The Kier molecular flexibility index (Phi) is 3.30. The SMILES string of the molecule is COc1nc(C(=O)N2CCCC2)c(C)c2ccccc12. The molecule has 0 N–H and O–H groups in total. The fourth-order valence-electron chi connectivity index (χ4n) is 2.80. The summed E-state index contributed by atoms with van der Waals surface area (Å²) in [6.07, 6.45) is 2.16. The number of ether oxygens (including phenoxy) is 1. The molecule has 1 aliphatic heterocycles. The highest BCUT2D eigenvalue weighted by atomic mass is 16.5. The number of fused-ring (bicyclic) bond motifs is 1. The minimum absolute atomic E-state index is 0.0176. The van der Waals surface area contributed by atoms with Gasteiger partial charge in [-0.15, -0.1) is 0 Å². The Hall–Kier alpha value is -2.10. The van der Waals surface area contributed by atoms with Crippen LogP contribution < -0.4 is 4.74 Å². The highest BCUT2D eigenvalue weighted by Gasteiger charge is 2.24. The zero-order valence-corrected chi connectivity index (χ0v) is 11.8. The zero-order chi connectivity index (χ0) is 14.1. The van der Waals surface area contributed by atoms with E-state index in [1.807, 2.05) is 36.1 Å². The van der Waals surface area contributed by atoms with Crippen molar-refractivity contribution in [2.24, 2.45) is 0 Å². The van der Waals surface area contributed by atoms with Gasteiger partial charge in [0.2, 0.25) is 5.88 Å². The second-order valence-electron chi connectivity index (χ2n) is 5.14. The Bertz CT molecular complexity index is 661. The average molecular weight is 270 g/mol. The number of carbonyl (C=O) groups excluding carboxylic acids is 1. The summed E-state index contributed by atoms with van der Waals surface area (Å²) in [6.45, 7) is 3.61. The van der Waals surface area contributed by atoms with Gasteiger partial charge in [0.25, 0.3) is 5.91 Å². The van der Waals surface area contributed by atoms with E-state index in [4.69, 9.17) is 4.74 Å². The quantitative estimate of drug-likeness (QED) is 0.842. The first kappa shape index (κ1) is 12.9. The fourth-order valence-corrected chi connectivity index (χ4v) is 2.80. The topological polar surface area (TPSA) is 42.4 Å². The van der Waals surface area contributed by atoms with E-state index in [0.29, 0.717) is 11.6 Å². The fraction of sp³-hybridized carbons (Fsp3) is 0.375. The van der Waals surface area contributed by atoms with Gasteiger partial charge >= 0.3 is 0 Å². The number of methoxy groups -OCH3 is 1. The van der Waals surface area contributed by atoms with Gasteiger partial charge in [0.15, 0.2) is 0 Å². The molecule has 3 rings (SSSR count). The summed E-state index contributed by atoms with van der Waals surface area (Å²) in [4.78, 5) is 18.9. The van der Waals surface area contributed by atoms with Gasteiger partial charge in [-0.3, -0.25) is 4.79 Å². The molecular weight excluding hydrogens is 252 g/mol. The molecule has 20 heavy (non-hydrogen) atoms. The molecule has 0 aliphatic carbocycles. The third-order valence-electron chi connectivity index (χ3n) is 3.92. The van der Waals surface area contributed by atoms with E-state index in [1.54, 1.807) is 7.11 Å². The molecule has 104 valence electrons. The molecular formula is C16H18N2O2. The normalized spacial score (nSPS) is 14.8. The van der Waals surface area contributed by atoms with Crippen molar-refractivity contribution in [2.75, 3.05) is 20.2 Å². The number of likely N-dealkylation sites (tertiary alicyclic amines) is 1. The molecule has 0 bridgehead atoms.